The number of hydrogen-bond acceptors (Lipinski definition) is 6. The summed E-state index contributed by atoms with van der Waals surface area (Å²) in [5.41, 5.74) is 0.495. The maximum Gasteiger partial charge on any atom is 0.237 e. The molecule has 2 rings (SSSR count). The van der Waals surface area contributed by atoms with Crippen LogP contribution in [0.3, 0.4) is 0 Å². The number of rotatable bonds is 5. The van der Waals surface area contributed by atoms with Crippen molar-refractivity contribution in [3.05, 3.63) is 27.8 Å². The van der Waals surface area contributed by atoms with Crippen LogP contribution in [0.15, 0.2) is 12.1 Å². The van der Waals surface area contributed by atoms with Crippen molar-refractivity contribution in [2.45, 2.75) is 24.9 Å². The van der Waals surface area contributed by atoms with Crippen molar-refractivity contribution >= 4 is 5.91 Å². The number of hydrogen-bond donors (Lipinski definition) is 1. The molecule has 0 bridgehead atoms. The van der Waals surface area contributed by atoms with Crippen LogP contribution in [0.5, 0.6) is 17.2 Å². The number of carbonyl (C=O) groups is 1. The van der Waals surface area contributed by atoms with E-state index in [1.807, 2.05) is 0 Å². The van der Waals surface area contributed by atoms with Crippen molar-refractivity contribution in [1.29, 1.82) is 0 Å². The first-order valence-electron chi connectivity index (χ1n) is 6.74. The monoisotopic (exact) mass is 310 g/mol. The molecule has 8 nitrogen and oxygen atoms in total. The van der Waals surface area contributed by atoms with Crippen LogP contribution in [0.25, 0.3) is 0 Å². The minimum atomic E-state index is -0.912. The van der Waals surface area contributed by atoms with Crippen molar-refractivity contribution in [3.63, 3.8) is 0 Å². The van der Waals surface area contributed by atoms with Crippen LogP contribution in [0, 0.1) is 10.1 Å². The van der Waals surface area contributed by atoms with Crippen LogP contribution in [-0.2, 0) is 4.79 Å². The van der Waals surface area contributed by atoms with Gasteiger partial charge in [0.15, 0.2) is 11.5 Å². The van der Waals surface area contributed by atoms with E-state index < -0.39 is 12.1 Å². The summed E-state index contributed by atoms with van der Waals surface area (Å²) in [6, 6.07) is 1.51. The van der Waals surface area contributed by atoms with Gasteiger partial charge >= 0.3 is 0 Å². The van der Waals surface area contributed by atoms with Crippen molar-refractivity contribution in [3.8, 4) is 17.2 Å². The molecule has 1 amide bonds. The zero-order valence-electron chi connectivity index (χ0n) is 12.6. The Morgan fingerprint density at radius 3 is 2.27 bits per heavy atom. The third-order valence-electron chi connectivity index (χ3n) is 3.71. The van der Waals surface area contributed by atoms with Gasteiger partial charge in [0.25, 0.3) is 0 Å². The fourth-order valence-electron chi connectivity index (χ4n) is 2.60. The van der Waals surface area contributed by atoms with Crippen LogP contribution in [0.1, 0.15) is 24.4 Å². The lowest BCUT2D eigenvalue weighted by atomic mass is 9.91. The van der Waals surface area contributed by atoms with Crippen LogP contribution >= 0.6 is 0 Å². The topological polar surface area (TPSA) is 99.9 Å². The van der Waals surface area contributed by atoms with E-state index in [1.54, 1.807) is 12.1 Å². The molecular weight excluding hydrogens is 292 g/mol. The van der Waals surface area contributed by atoms with Gasteiger partial charge < -0.3 is 19.5 Å². The van der Waals surface area contributed by atoms with Crippen molar-refractivity contribution in [1.82, 2.24) is 5.32 Å². The summed E-state index contributed by atoms with van der Waals surface area (Å²) < 4.78 is 15.7. The Balaban J connectivity index is 2.52. The minimum absolute atomic E-state index is 0.137. The molecule has 1 heterocycles. The van der Waals surface area contributed by atoms with Gasteiger partial charge in [0.05, 0.1) is 21.3 Å². The SMILES string of the molecule is COc1cc(OC)c([C@H]2NC(=O)CC[C@@H]2[N+](=O)[O-])cc1OC. The molecule has 0 radical (unpaired) electrons. The van der Waals surface area contributed by atoms with Gasteiger partial charge in [0, 0.05) is 29.4 Å². The van der Waals surface area contributed by atoms with Crippen molar-refractivity contribution in [2.24, 2.45) is 0 Å². The number of carbonyl (C=O) groups excluding carboxylic acids is 1. The van der Waals surface area contributed by atoms with E-state index in [1.165, 1.54) is 21.3 Å². The molecule has 0 aliphatic carbocycles. The van der Waals surface area contributed by atoms with Crippen LogP contribution in [0.2, 0.25) is 0 Å². The standard InChI is InChI=1S/C14H18N2O6/c1-20-10-7-12(22-3)11(21-2)6-8(10)14-9(16(18)19)4-5-13(17)15-14/h6-7,9,14H,4-5H2,1-3H3,(H,15,17)/t9-,14+/m0/s1. The highest BCUT2D eigenvalue weighted by atomic mass is 16.6. The number of methoxy groups -OCH3 is 3. The first kappa shape index (κ1) is 15.9. The summed E-state index contributed by atoms with van der Waals surface area (Å²) in [6.07, 6.45) is 0.318. The van der Waals surface area contributed by atoms with E-state index in [4.69, 9.17) is 14.2 Å². The molecule has 2 atom stereocenters. The molecule has 1 aliphatic rings. The highest BCUT2D eigenvalue weighted by Gasteiger charge is 2.40. The fourth-order valence-corrected chi connectivity index (χ4v) is 2.60. The second-order valence-electron chi connectivity index (χ2n) is 4.89. The van der Waals surface area contributed by atoms with E-state index in [0.29, 0.717) is 22.8 Å². The van der Waals surface area contributed by atoms with E-state index in [9.17, 15) is 14.9 Å². The molecule has 1 N–H and O–H groups in total. The Hall–Kier alpha value is -2.51. The number of nitrogens with one attached hydrogen (secondary N) is 1. The van der Waals surface area contributed by atoms with Gasteiger partial charge in [-0.25, -0.2) is 0 Å². The van der Waals surface area contributed by atoms with Crippen LogP contribution in [-0.4, -0.2) is 38.2 Å². The molecule has 1 aromatic rings. The smallest absolute Gasteiger partial charge is 0.237 e. The summed E-state index contributed by atoms with van der Waals surface area (Å²) in [4.78, 5) is 22.6. The Bertz CT molecular complexity index is 589. The fraction of sp³-hybridized carbons (Fsp3) is 0.500. The van der Waals surface area contributed by atoms with Crippen LogP contribution < -0.4 is 19.5 Å². The number of nitro groups is 1. The highest BCUT2D eigenvalue weighted by Crippen LogP contribution is 2.40. The van der Waals surface area contributed by atoms with Gasteiger partial charge in [-0.15, -0.1) is 0 Å². The molecule has 8 heteroatoms. The predicted molar refractivity (Wildman–Crippen MR) is 77.0 cm³/mol. The summed E-state index contributed by atoms with van der Waals surface area (Å²) >= 11 is 0. The molecule has 1 aromatic carbocycles. The number of piperidine rings is 1. The van der Waals surface area contributed by atoms with Crippen LogP contribution in [0.4, 0.5) is 0 Å². The average molecular weight is 310 g/mol. The number of ether oxygens (including phenoxy) is 3. The Morgan fingerprint density at radius 1 is 1.14 bits per heavy atom. The number of benzene rings is 1. The summed E-state index contributed by atoms with van der Waals surface area (Å²) in [7, 11) is 4.41. The molecule has 0 saturated carbocycles. The van der Waals surface area contributed by atoms with Gasteiger partial charge in [-0.3, -0.25) is 14.9 Å². The quantitative estimate of drug-likeness (QED) is 0.650. The van der Waals surface area contributed by atoms with E-state index >= 15 is 0 Å². The largest absolute Gasteiger partial charge is 0.496 e. The minimum Gasteiger partial charge on any atom is -0.496 e. The van der Waals surface area contributed by atoms with Gasteiger partial charge in [-0.05, 0) is 6.07 Å². The predicted octanol–water partition coefficient (Wildman–Crippen LogP) is 1.31. The maximum atomic E-state index is 11.7. The zero-order chi connectivity index (χ0) is 16.3. The molecule has 22 heavy (non-hydrogen) atoms. The van der Waals surface area contributed by atoms with E-state index in [-0.39, 0.29) is 23.7 Å². The highest BCUT2D eigenvalue weighted by molar-refractivity contribution is 5.77. The molecule has 1 saturated heterocycles. The normalized spacial score (nSPS) is 21.0. The average Bonchev–Trinajstić information content (AvgIpc) is 2.52. The summed E-state index contributed by atoms with van der Waals surface area (Å²) in [6.45, 7) is 0. The van der Waals surface area contributed by atoms with E-state index in [2.05, 4.69) is 5.32 Å². The Morgan fingerprint density at radius 2 is 1.73 bits per heavy atom. The zero-order valence-corrected chi connectivity index (χ0v) is 12.6. The first-order valence-corrected chi connectivity index (χ1v) is 6.74. The summed E-state index contributed by atoms with van der Waals surface area (Å²) in [5.74, 6) is 1.04. The lowest BCUT2D eigenvalue weighted by Crippen LogP contribution is -2.45. The molecular formula is C14H18N2O6. The van der Waals surface area contributed by atoms with E-state index in [0.717, 1.165) is 0 Å². The lowest BCUT2D eigenvalue weighted by molar-refractivity contribution is -0.529. The molecule has 1 aliphatic heterocycles. The molecule has 0 unspecified atom stereocenters. The molecule has 0 aromatic heterocycles. The Labute approximate surface area is 127 Å². The molecule has 120 valence electrons. The van der Waals surface area contributed by atoms with Gasteiger partial charge in [0.1, 0.15) is 11.8 Å². The van der Waals surface area contributed by atoms with Crippen molar-refractivity contribution < 1.29 is 23.9 Å². The van der Waals surface area contributed by atoms with Gasteiger partial charge in [0.2, 0.25) is 11.9 Å². The number of nitrogens with zero attached hydrogens (tertiary/aromatic N) is 1. The van der Waals surface area contributed by atoms with Crippen molar-refractivity contribution in [2.75, 3.05) is 21.3 Å². The lowest BCUT2D eigenvalue weighted by Gasteiger charge is -2.28. The second kappa shape index (κ2) is 6.50. The Kier molecular flexibility index (Phi) is 4.69. The number of amides is 1. The third kappa shape index (κ3) is 2.90. The van der Waals surface area contributed by atoms with Gasteiger partial charge in [-0.2, -0.15) is 0 Å². The first-order chi connectivity index (χ1) is 10.5. The third-order valence-corrected chi connectivity index (χ3v) is 3.71. The molecule has 0 spiro atoms. The van der Waals surface area contributed by atoms with Gasteiger partial charge in [-0.1, -0.05) is 0 Å². The summed E-state index contributed by atoms with van der Waals surface area (Å²) in [5, 5.41) is 14.0. The second-order valence-corrected chi connectivity index (χ2v) is 4.89. The molecule has 1 fully saturated rings. The maximum absolute atomic E-state index is 11.7.